The summed E-state index contributed by atoms with van der Waals surface area (Å²) in [5.41, 5.74) is 7.82. The molecule has 0 amide bonds. The summed E-state index contributed by atoms with van der Waals surface area (Å²) in [7, 11) is 2.93. The van der Waals surface area contributed by atoms with Crippen LogP contribution < -0.4 is 15.2 Å². The van der Waals surface area contributed by atoms with Crippen molar-refractivity contribution in [2.45, 2.75) is 6.61 Å². The summed E-state index contributed by atoms with van der Waals surface area (Å²) in [6, 6.07) is 12.3. The zero-order valence-corrected chi connectivity index (χ0v) is 12.0. The molecule has 2 rings (SSSR count). The molecule has 0 unspecified atom stereocenters. The Labute approximate surface area is 123 Å². The topological polar surface area (TPSA) is 70.8 Å². The second kappa shape index (κ2) is 6.65. The van der Waals surface area contributed by atoms with E-state index in [4.69, 9.17) is 15.2 Å². The Bertz CT molecular complexity index is 623. The highest BCUT2D eigenvalue weighted by molar-refractivity contribution is 5.89. The van der Waals surface area contributed by atoms with Crippen molar-refractivity contribution in [3.05, 3.63) is 53.6 Å². The van der Waals surface area contributed by atoms with Crippen molar-refractivity contribution >= 4 is 11.7 Å². The van der Waals surface area contributed by atoms with Crippen molar-refractivity contribution in [3.63, 3.8) is 0 Å². The largest absolute Gasteiger partial charge is 0.497 e. The number of methoxy groups -OCH3 is 2. The minimum atomic E-state index is -0.359. The molecule has 5 nitrogen and oxygen atoms in total. The highest BCUT2D eigenvalue weighted by Gasteiger charge is 2.06. The van der Waals surface area contributed by atoms with Gasteiger partial charge in [-0.05, 0) is 29.8 Å². The van der Waals surface area contributed by atoms with Crippen LogP contribution in [0.25, 0.3) is 0 Å². The summed E-state index contributed by atoms with van der Waals surface area (Å²) in [4.78, 5) is 11.3. The molecule has 5 heteroatoms. The zero-order valence-electron chi connectivity index (χ0n) is 12.0. The van der Waals surface area contributed by atoms with E-state index >= 15 is 0 Å². The average Bonchev–Trinajstić information content (AvgIpc) is 2.53. The Balaban J connectivity index is 2.01. The van der Waals surface area contributed by atoms with E-state index in [1.54, 1.807) is 37.4 Å². The maximum absolute atomic E-state index is 11.3. The molecule has 2 N–H and O–H groups in total. The van der Waals surface area contributed by atoms with Crippen LogP contribution >= 0.6 is 0 Å². The lowest BCUT2D eigenvalue weighted by atomic mass is 10.1. The highest BCUT2D eigenvalue weighted by Crippen LogP contribution is 2.26. The number of hydrogen-bond acceptors (Lipinski definition) is 5. The number of nitrogen functional groups attached to an aromatic ring is 1. The van der Waals surface area contributed by atoms with E-state index in [0.717, 1.165) is 5.56 Å². The van der Waals surface area contributed by atoms with Crippen LogP contribution in [0.15, 0.2) is 42.5 Å². The van der Waals surface area contributed by atoms with Crippen LogP contribution in [0.3, 0.4) is 0 Å². The second-order valence-corrected chi connectivity index (χ2v) is 4.38. The van der Waals surface area contributed by atoms with Crippen LogP contribution in [0.4, 0.5) is 5.69 Å². The van der Waals surface area contributed by atoms with Crippen molar-refractivity contribution in [2.24, 2.45) is 0 Å². The Morgan fingerprint density at radius 2 is 1.81 bits per heavy atom. The first-order valence-electron chi connectivity index (χ1n) is 6.37. The molecule has 0 saturated heterocycles. The van der Waals surface area contributed by atoms with Gasteiger partial charge in [0.1, 0.15) is 18.1 Å². The lowest BCUT2D eigenvalue weighted by Gasteiger charge is -2.10. The third-order valence-electron chi connectivity index (χ3n) is 2.99. The Hall–Kier alpha value is -2.69. The minimum absolute atomic E-state index is 0.359. The molecule has 0 fully saturated rings. The molecule has 110 valence electrons. The van der Waals surface area contributed by atoms with E-state index in [1.165, 1.54) is 7.11 Å². The summed E-state index contributed by atoms with van der Waals surface area (Å²) in [6.07, 6.45) is 0. The molecule has 2 aromatic carbocycles. The van der Waals surface area contributed by atoms with Crippen molar-refractivity contribution in [1.82, 2.24) is 0 Å². The van der Waals surface area contributed by atoms with Gasteiger partial charge in [0.15, 0.2) is 0 Å². The fourth-order valence-corrected chi connectivity index (χ4v) is 1.80. The Morgan fingerprint density at radius 3 is 2.38 bits per heavy atom. The third-order valence-corrected chi connectivity index (χ3v) is 2.99. The predicted octanol–water partition coefficient (Wildman–Crippen LogP) is 2.64. The van der Waals surface area contributed by atoms with Gasteiger partial charge in [-0.15, -0.1) is 0 Å². The molecule has 0 aliphatic carbocycles. The van der Waals surface area contributed by atoms with Gasteiger partial charge < -0.3 is 19.9 Å². The van der Waals surface area contributed by atoms with Gasteiger partial charge in [-0.2, -0.15) is 0 Å². The van der Waals surface area contributed by atoms with Crippen LogP contribution in [-0.2, 0) is 11.3 Å². The lowest BCUT2D eigenvalue weighted by Crippen LogP contribution is -2.02. The van der Waals surface area contributed by atoms with Crippen LogP contribution in [0, 0.1) is 0 Å². The summed E-state index contributed by atoms with van der Waals surface area (Å²) >= 11 is 0. The van der Waals surface area contributed by atoms with E-state index in [2.05, 4.69) is 4.74 Å². The van der Waals surface area contributed by atoms with Gasteiger partial charge in [-0.3, -0.25) is 0 Å². The fraction of sp³-hybridized carbons (Fsp3) is 0.188. The van der Waals surface area contributed by atoms with Gasteiger partial charge in [0.2, 0.25) is 0 Å². The predicted molar refractivity (Wildman–Crippen MR) is 79.5 cm³/mol. The maximum atomic E-state index is 11.3. The molecule has 0 bridgehead atoms. The number of ether oxygens (including phenoxy) is 3. The monoisotopic (exact) mass is 287 g/mol. The van der Waals surface area contributed by atoms with Crippen molar-refractivity contribution in [3.8, 4) is 11.5 Å². The van der Waals surface area contributed by atoms with Gasteiger partial charge in [0.25, 0.3) is 0 Å². The van der Waals surface area contributed by atoms with Crippen LogP contribution in [-0.4, -0.2) is 20.2 Å². The zero-order chi connectivity index (χ0) is 15.2. The van der Waals surface area contributed by atoms with Gasteiger partial charge in [0.05, 0.1) is 25.5 Å². The number of benzene rings is 2. The average molecular weight is 287 g/mol. The smallest absolute Gasteiger partial charge is 0.337 e. The number of nitrogens with two attached hydrogens (primary N) is 1. The molecule has 21 heavy (non-hydrogen) atoms. The van der Waals surface area contributed by atoms with Crippen molar-refractivity contribution < 1.29 is 19.0 Å². The fourth-order valence-electron chi connectivity index (χ4n) is 1.80. The normalized spacial score (nSPS) is 10.0. The second-order valence-electron chi connectivity index (χ2n) is 4.38. The molecular weight excluding hydrogens is 270 g/mol. The minimum Gasteiger partial charge on any atom is -0.497 e. The van der Waals surface area contributed by atoms with E-state index in [-0.39, 0.29) is 5.97 Å². The molecule has 0 atom stereocenters. The number of anilines is 1. The van der Waals surface area contributed by atoms with E-state index in [1.807, 2.05) is 12.1 Å². The van der Waals surface area contributed by atoms with Crippen LogP contribution in [0.1, 0.15) is 15.9 Å². The SMILES string of the molecule is COC(=O)c1ccc(COc2ccc(OC)cc2N)cc1. The van der Waals surface area contributed by atoms with Crippen LogP contribution in [0.5, 0.6) is 11.5 Å². The third kappa shape index (κ3) is 3.66. The molecule has 2 aromatic rings. The summed E-state index contributed by atoms with van der Waals surface area (Å²) < 4.78 is 15.4. The number of carbonyl (C=O) groups excluding carboxylic acids is 1. The van der Waals surface area contributed by atoms with E-state index in [0.29, 0.717) is 29.4 Å². The lowest BCUT2D eigenvalue weighted by molar-refractivity contribution is 0.0600. The highest BCUT2D eigenvalue weighted by atomic mass is 16.5. The number of esters is 1. The number of rotatable bonds is 5. The molecule has 0 aromatic heterocycles. The van der Waals surface area contributed by atoms with Crippen molar-refractivity contribution in [2.75, 3.05) is 20.0 Å². The van der Waals surface area contributed by atoms with Gasteiger partial charge in [0, 0.05) is 6.07 Å². The summed E-state index contributed by atoms with van der Waals surface area (Å²) in [5, 5.41) is 0. The van der Waals surface area contributed by atoms with Gasteiger partial charge in [-0.1, -0.05) is 12.1 Å². The molecule has 0 saturated carbocycles. The van der Waals surface area contributed by atoms with E-state index < -0.39 is 0 Å². The number of carbonyl (C=O) groups is 1. The molecule has 0 radical (unpaired) electrons. The van der Waals surface area contributed by atoms with Crippen molar-refractivity contribution in [1.29, 1.82) is 0 Å². The first kappa shape index (κ1) is 14.7. The molecule has 0 heterocycles. The Kier molecular flexibility index (Phi) is 4.66. The quantitative estimate of drug-likeness (QED) is 0.676. The molecular formula is C16H17NO4. The maximum Gasteiger partial charge on any atom is 0.337 e. The van der Waals surface area contributed by atoms with Gasteiger partial charge >= 0.3 is 5.97 Å². The number of hydrogen-bond donors (Lipinski definition) is 1. The standard InChI is InChI=1S/C16H17NO4/c1-19-13-7-8-15(14(17)9-13)21-10-11-3-5-12(6-4-11)16(18)20-2/h3-9H,10,17H2,1-2H3. The Morgan fingerprint density at radius 1 is 1.10 bits per heavy atom. The molecule has 0 spiro atoms. The molecule has 0 aliphatic heterocycles. The van der Waals surface area contributed by atoms with E-state index in [9.17, 15) is 4.79 Å². The molecule has 0 aliphatic rings. The first-order valence-corrected chi connectivity index (χ1v) is 6.37. The van der Waals surface area contributed by atoms with Gasteiger partial charge in [-0.25, -0.2) is 4.79 Å². The first-order chi connectivity index (χ1) is 10.1. The summed E-state index contributed by atoms with van der Waals surface area (Å²) in [6.45, 7) is 0.359. The summed E-state index contributed by atoms with van der Waals surface area (Å²) in [5.74, 6) is 0.914. The van der Waals surface area contributed by atoms with Crippen LogP contribution in [0.2, 0.25) is 0 Å².